The first-order chi connectivity index (χ1) is 9.28. The first kappa shape index (κ1) is 11.8. The first-order valence-electron chi connectivity index (χ1n) is 6.05. The van der Waals surface area contributed by atoms with Gasteiger partial charge in [-0.25, -0.2) is 0 Å². The SMILES string of the molecule is CNC1C(=O)Nc2cc(OCc3ccco3)ccc21. The molecule has 0 fully saturated rings. The van der Waals surface area contributed by atoms with Crippen molar-refractivity contribution in [1.29, 1.82) is 0 Å². The Hall–Kier alpha value is -2.27. The minimum absolute atomic E-state index is 0.0410. The van der Waals surface area contributed by atoms with E-state index in [0.29, 0.717) is 12.4 Å². The van der Waals surface area contributed by atoms with Crippen molar-refractivity contribution in [3.63, 3.8) is 0 Å². The van der Waals surface area contributed by atoms with Crippen molar-refractivity contribution < 1.29 is 13.9 Å². The van der Waals surface area contributed by atoms with Crippen molar-refractivity contribution in [3.05, 3.63) is 47.9 Å². The minimum Gasteiger partial charge on any atom is -0.486 e. The summed E-state index contributed by atoms with van der Waals surface area (Å²) in [5, 5.41) is 5.80. The number of carbonyl (C=O) groups excluding carboxylic acids is 1. The largest absolute Gasteiger partial charge is 0.486 e. The average Bonchev–Trinajstić information content (AvgIpc) is 3.01. The Labute approximate surface area is 110 Å². The van der Waals surface area contributed by atoms with E-state index in [1.807, 2.05) is 30.3 Å². The maximum Gasteiger partial charge on any atom is 0.246 e. The molecule has 2 heterocycles. The summed E-state index contributed by atoms with van der Waals surface area (Å²) in [6.45, 7) is 0.370. The lowest BCUT2D eigenvalue weighted by atomic mass is 10.1. The normalized spacial score (nSPS) is 17.1. The molecule has 0 aliphatic carbocycles. The van der Waals surface area contributed by atoms with Crippen molar-refractivity contribution >= 4 is 11.6 Å². The van der Waals surface area contributed by atoms with Gasteiger partial charge in [-0.2, -0.15) is 0 Å². The molecule has 19 heavy (non-hydrogen) atoms. The van der Waals surface area contributed by atoms with E-state index < -0.39 is 0 Å². The van der Waals surface area contributed by atoms with Crippen molar-refractivity contribution in [2.24, 2.45) is 0 Å². The maximum atomic E-state index is 11.7. The zero-order valence-corrected chi connectivity index (χ0v) is 10.5. The highest BCUT2D eigenvalue weighted by atomic mass is 16.5. The maximum absolute atomic E-state index is 11.7. The number of ether oxygens (including phenoxy) is 1. The molecule has 1 unspecified atom stereocenters. The zero-order valence-electron chi connectivity index (χ0n) is 10.5. The number of hydrogen-bond acceptors (Lipinski definition) is 4. The molecule has 2 aromatic rings. The third-order valence-corrected chi connectivity index (χ3v) is 3.11. The lowest BCUT2D eigenvalue weighted by Gasteiger charge is -2.08. The number of hydrogen-bond donors (Lipinski definition) is 2. The lowest BCUT2D eigenvalue weighted by Crippen LogP contribution is -2.23. The summed E-state index contributed by atoms with van der Waals surface area (Å²) in [6, 6.07) is 8.96. The Morgan fingerprint density at radius 1 is 1.42 bits per heavy atom. The van der Waals surface area contributed by atoms with E-state index in [1.165, 1.54) is 0 Å². The highest BCUT2D eigenvalue weighted by Crippen LogP contribution is 2.33. The van der Waals surface area contributed by atoms with Crippen molar-refractivity contribution in [1.82, 2.24) is 5.32 Å². The molecule has 0 saturated heterocycles. The minimum atomic E-state index is -0.283. The Balaban J connectivity index is 1.76. The van der Waals surface area contributed by atoms with Gasteiger partial charge in [0.15, 0.2) is 0 Å². The molecule has 3 rings (SSSR count). The smallest absolute Gasteiger partial charge is 0.246 e. The highest BCUT2D eigenvalue weighted by Gasteiger charge is 2.29. The van der Waals surface area contributed by atoms with Gasteiger partial charge in [0.25, 0.3) is 0 Å². The molecule has 0 radical (unpaired) electrons. The number of rotatable bonds is 4. The van der Waals surface area contributed by atoms with E-state index in [9.17, 15) is 4.79 Å². The van der Waals surface area contributed by atoms with Crippen LogP contribution < -0.4 is 15.4 Å². The van der Waals surface area contributed by atoms with Gasteiger partial charge in [-0.3, -0.25) is 4.79 Å². The summed E-state index contributed by atoms with van der Waals surface area (Å²) in [5.41, 5.74) is 1.74. The van der Waals surface area contributed by atoms with E-state index in [1.54, 1.807) is 13.3 Å². The molecule has 1 aromatic heterocycles. The summed E-state index contributed by atoms with van der Waals surface area (Å²) >= 11 is 0. The monoisotopic (exact) mass is 258 g/mol. The second-order valence-electron chi connectivity index (χ2n) is 4.33. The van der Waals surface area contributed by atoms with Gasteiger partial charge in [0, 0.05) is 17.3 Å². The van der Waals surface area contributed by atoms with Crippen molar-refractivity contribution in [2.75, 3.05) is 12.4 Å². The van der Waals surface area contributed by atoms with E-state index in [2.05, 4.69) is 10.6 Å². The van der Waals surface area contributed by atoms with Crippen LogP contribution in [0.15, 0.2) is 41.0 Å². The summed E-state index contributed by atoms with van der Waals surface area (Å²) in [5.74, 6) is 1.42. The summed E-state index contributed by atoms with van der Waals surface area (Å²) in [4.78, 5) is 11.7. The van der Waals surface area contributed by atoms with Crippen LogP contribution in [0.4, 0.5) is 5.69 Å². The van der Waals surface area contributed by atoms with Crippen LogP contribution in [-0.2, 0) is 11.4 Å². The van der Waals surface area contributed by atoms with Crippen LogP contribution in [0, 0.1) is 0 Å². The molecule has 1 aromatic carbocycles. The van der Waals surface area contributed by atoms with Crippen LogP contribution >= 0.6 is 0 Å². The first-order valence-corrected chi connectivity index (χ1v) is 6.05. The van der Waals surface area contributed by atoms with E-state index in [0.717, 1.165) is 17.0 Å². The molecule has 1 aliphatic rings. The number of likely N-dealkylation sites (N-methyl/N-ethyl adjacent to an activating group) is 1. The topological polar surface area (TPSA) is 63.5 Å². The number of amides is 1. The van der Waals surface area contributed by atoms with Crippen LogP contribution in [0.5, 0.6) is 5.75 Å². The Morgan fingerprint density at radius 3 is 3.05 bits per heavy atom. The second-order valence-corrected chi connectivity index (χ2v) is 4.33. The number of furan rings is 1. The molecule has 98 valence electrons. The van der Waals surface area contributed by atoms with E-state index in [-0.39, 0.29) is 11.9 Å². The molecule has 0 saturated carbocycles. The van der Waals surface area contributed by atoms with E-state index >= 15 is 0 Å². The van der Waals surface area contributed by atoms with Crippen molar-refractivity contribution in [2.45, 2.75) is 12.6 Å². The van der Waals surface area contributed by atoms with Gasteiger partial charge in [0.1, 0.15) is 24.2 Å². The fourth-order valence-corrected chi connectivity index (χ4v) is 2.17. The van der Waals surface area contributed by atoms with Crippen molar-refractivity contribution in [3.8, 4) is 5.75 Å². The summed E-state index contributed by atoms with van der Waals surface area (Å²) < 4.78 is 10.8. The Bertz CT molecular complexity index is 593. The molecule has 2 N–H and O–H groups in total. The third-order valence-electron chi connectivity index (χ3n) is 3.11. The van der Waals surface area contributed by atoms with Gasteiger partial charge in [-0.1, -0.05) is 6.07 Å². The Morgan fingerprint density at radius 2 is 2.32 bits per heavy atom. The number of anilines is 1. The molecule has 5 nitrogen and oxygen atoms in total. The average molecular weight is 258 g/mol. The fraction of sp³-hybridized carbons (Fsp3) is 0.214. The number of nitrogens with one attached hydrogen (secondary N) is 2. The van der Waals surface area contributed by atoms with Gasteiger partial charge >= 0.3 is 0 Å². The van der Waals surface area contributed by atoms with Crippen LogP contribution in [0.2, 0.25) is 0 Å². The Kier molecular flexibility index (Phi) is 2.97. The summed E-state index contributed by atoms with van der Waals surface area (Å²) in [7, 11) is 1.76. The molecule has 1 amide bonds. The predicted molar refractivity (Wildman–Crippen MR) is 69.9 cm³/mol. The van der Waals surface area contributed by atoms with Gasteiger partial charge < -0.3 is 19.8 Å². The number of benzene rings is 1. The lowest BCUT2D eigenvalue weighted by molar-refractivity contribution is -0.117. The molecule has 1 atom stereocenters. The number of carbonyl (C=O) groups is 1. The van der Waals surface area contributed by atoms with Gasteiger partial charge in [-0.05, 0) is 25.2 Å². The van der Waals surface area contributed by atoms with E-state index in [4.69, 9.17) is 9.15 Å². The fourth-order valence-electron chi connectivity index (χ4n) is 2.17. The van der Waals surface area contributed by atoms with Crippen LogP contribution in [-0.4, -0.2) is 13.0 Å². The summed E-state index contributed by atoms with van der Waals surface area (Å²) in [6.07, 6.45) is 1.61. The molecule has 0 bridgehead atoms. The van der Waals surface area contributed by atoms with Crippen LogP contribution in [0.25, 0.3) is 0 Å². The highest BCUT2D eigenvalue weighted by molar-refractivity contribution is 6.02. The number of fused-ring (bicyclic) bond motifs is 1. The zero-order chi connectivity index (χ0) is 13.2. The molecule has 5 heteroatoms. The second kappa shape index (κ2) is 4.78. The van der Waals surface area contributed by atoms with Gasteiger partial charge in [0.2, 0.25) is 5.91 Å². The molecule has 0 spiro atoms. The van der Waals surface area contributed by atoms with Crippen LogP contribution in [0.3, 0.4) is 0 Å². The predicted octanol–water partition coefficient (Wildman–Crippen LogP) is 2.07. The standard InChI is InChI=1S/C14H14N2O3/c1-15-13-11-5-4-9(7-12(11)16-14(13)17)19-8-10-3-2-6-18-10/h2-7,13,15H,8H2,1H3,(H,16,17). The quantitative estimate of drug-likeness (QED) is 0.881. The van der Waals surface area contributed by atoms with Gasteiger partial charge in [-0.15, -0.1) is 0 Å². The molecule has 1 aliphatic heterocycles. The van der Waals surface area contributed by atoms with Gasteiger partial charge in [0.05, 0.1) is 6.26 Å². The molecular formula is C14H14N2O3. The van der Waals surface area contributed by atoms with Crippen LogP contribution in [0.1, 0.15) is 17.4 Å². The third kappa shape index (κ3) is 2.20. The molecular weight excluding hydrogens is 244 g/mol.